The Hall–Kier alpha value is -2.23. The number of pyridine rings is 1. The number of nitrogens with one attached hydrogen (secondary N) is 1. The van der Waals surface area contributed by atoms with E-state index in [1.165, 1.54) is 0 Å². The SMILES string of the molecule is O=C(N/N=C/C1=CCC=C1)c1ccncc1. The molecule has 1 heterocycles. The van der Waals surface area contributed by atoms with Gasteiger partial charge in [0.05, 0.1) is 6.21 Å². The third-order valence-corrected chi connectivity index (χ3v) is 2.12. The van der Waals surface area contributed by atoms with Crippen LogP contribution in [0.1, 0.15) is 16.8 Å². The van der Waals surface area contributed by atoms with Crippen LogP contribution in [0.2, 0.25) is 0 Å². The van der Waals surface area contributed by atoms with Crippen LogP contribution in [0.15, 0.2) is 53.4 Å². The molecule has 0 fully saturated rings. The van der Waals surface area contributed by atoms with Crippen molar-refractivity contribution in [1.29, 1.82) is 0 Å². The molecule has 0 aliphatic heterocycles. The van der Waals surface area contributed by atoms with Gasteiger partial charge >= 0.3 is 0 Å². The van der Waals surface area contributed by atoms with Gasteiger partial charge < -0.3 is 0 Å². The molecule has 1 aliphatic rings. The van der Waals surface area contributed by atoms with E-state index in [4.69, 9.17) is 0 Å². The predicted octanol–water partition coefficient (Wildman–Crippen LogP) is 1.68. The number of amides is 1. The van der Waals surface area contributed by atoms with Crippen molar-refractivity contribution in [2.24, 2.45) is 5.10 Å². The van der Waals surface area contributed by atoms with Gasteiger partial charge in [0.25, 0.3) is 5.91 Å². The summed E-state index contributed by atoms with van der Waals surface area (Å²) in [6.45, 7) is 0. The number of carbonyl (C=O) groups is 1. The van der Waals surface area contributed by atoms with Crippen LogP contribution in [0.5, 0.6) is 0 Å². The summed E-state index contributed by atoms with van der Waals surface area (Å²) in [6, 6.07) is 3.28. The lowest BCUT2D eigenvalue weighted by Crippen LogP contribution is -2.17. The number of rotatable bonds is 3. The van der Waals surface area contributed by atoms with E-state index in [2.05, 4.69) is 15.5 Å². The molecule has 1 amide bonds. The summed E-state index contributed by atoms with van der Waals surface area (Å²) in [5, 5.41) is 3.87. The Kier molecular flexibility index (Phi) is 3.23. The molecule has 0 saturated heterocycles. The molecule has 1 aromatic heterocycles. The molecule has 1 aromatic rings. The first-order chi connectivity index (χ1) is 7.86. The second-order valence-electron chi connectivity index (χ2n) is 3.28. The number of hydrogen-bond donors (Lipinski definition) is 1. The first-order valence-electron chi connectivity index (χ1n) is 4.96. The number of hydrogen-bond acceptors (Lipinski definition) is 3. The van der Waals surface area contributed by atoms with E-state index in [-0.39, 0.29) is 5.91 Å². The molecule has 0 bridgehead atoms. The fourth-order valence-electron chi connectivity index (χ4n) is 1.31. The molecule has 0 saturated carbocycles. The molecule has 1 N–H and O–H groups in total. The van der Waals surface area contributed by atoms with Gasteiger partial charge in [0, 0.05) is 18.0 Å². The van der Waals surface area contributed by atoms with E-state index in [0.29, 0.717) is 5.56 Å². The molecule has 0 atom stereocenters. The number of nitrogens with zero attached hydrogens (tertiary/aromatic N) is 2. The highest BCUT2D eigenvalue weighted by molar-refractivity contribution is 5.94. The summed E-state index contributed by atoms with van der Waals surface area (Å²) in [6.07, 6.45) is 11.7. The van der Waals surface area contributed by atoms with Gasteiger partial charge in [-0.2, -0.15) is 5.10 Å². The summed E-state index contributed by atoms with van der Waals surface area (Å²) < 4.78 is 0. The molecule has 0 unspecified atom stereocenters. The van der Waals surface area contributed by atoms with Gasteiger partial charge in [-0.25, -0.2) is 5.43 Å². The van der Waals surface area contributed by atoms with Crippen molar-refractivity contribution in [3.05, 3.63) is 53.9 Å². The van der Waals surface area contributed by atoms with Crippen LogP contribution < -0.4 is 5.43 Å². The van der Waals surface area contributed by atoms with Gasteiger partial charge in [-0.3, -0.25) is 9.78 Å². The zero-order valence-corrected chi connectivity index (χ0v) is 8.63. The highest BCUT2D eigenvalue weighted by atomic mass is 16.2. The van der Waals surface area contributed by atoms with Crippen LogP contribution in [-0.2, 0) is 0 Å². The molecule has 4 heteroatoms. The maximum atomic E-state index is 11.5. The molecular formula is C12H11N3O. The third-order valence-electron chi connectivity index (χ3n) is 2.12. The molecule has 4 nitrogen and oxygen atoms in total. The van der Waals surface area contributed by atoms with Crippen LogP contribution in [0.4, 0.5) is 0 Å². The highest BCUT2D eigenvalue weighted by Crippen LogP contribution is 2.05. The van der Waals surface area contributed by atoms with Crippen molar-refractivity contribution in [2.75, 3.05) is 0 Å². The van der Waals surface area contributed by atoms with Crippen LogP contribution in [0.25, 0.3) is 0 Å². The molecule has 0 radical (unpaired) electrons. The zero-order chi connectivity index (χ0) is 11.2. The van der Waals surface area contributed by atoms with Crippen molar-refractivity contribution in [1.82, 2.24) is 10.4 Å². The molecular weight excluding hydrogens is 202 g/mol. The number of aromatic nitrogens is 1. The number of carbonyl (C=O) groups excluding carboxylic acids is 1. The molecule has 1 aliphatic carbocycles. The Morgan fingerprint density at radius 3 is 2.94 bits per heavy atom. The summed E-state index contributed by atoms with van der Waals surface area (Å²) >= 11 is 0. The van der Waals surface area contributed by atoms with Crippen LogP contribution >= 0.6 is 0 Å². The zero-order valence-electron chi connectivity index (χ0n) is 8.63. The molecule has 0 aromatic carbocycles. The first kappa shape index (κ1) is 10.3. The Morgan fingerprint density at radius 2 is 2.25 bits per heavy atom. The fraction of sp³-hybridized carbons (Fsp3) is 0.0833. The number of allylic oxidation sites excluding steroid dienone is 4. The van der Waals surface area contributed by atoms with Gasteiger partial charge in [-0.15, -0.1) is 0 Å². The van der Waals surface area contributed by atoms with Gasteiger partial charge in [-0.05, 0) is 24.1 Å². The topological polar surface area (TPSA) is 54.4 Å². The number of hydrazone groups is 1. The quantitative estimate of drug-likeness (QED) is 0.613. The Morgan fingerprint density at radius 1 is 1.44 bits per heavy atom. The summed E-state index contributed by atoms with van der Waals surface area (Å²) in [5.74, 6) is -0.235. The maximum Gasteiger partial charge on any atom is 0.271 e. The second kappa shape index (κ2) is 5.02. The molecule has 16 heavy (non-hydrogen) atoms. The minimum atomic E-state index is -0.235. The third kappa shape index (κ3) is 2.63. The Bertz CT molecular complexity index is 460. The van der Waals surface area contributed by atoms with Crippen LogP contribution in [0.3, 0.4) is 0 Å². The Labute approximate surface area is 93.4 Å². The minimum absolute atomic E-state index is 0.235. The minimum Gasteiger partial charge on any atom is -0.267 e. The molecule has 80 valence electrons. The van der Waals surface area contributed by atoms with Gasteiger partial charge in [0.15, 0.2) is 0 Å². The maximum absolute atomic E-state index is 11.5. The lowest BCUT2D eigenvalue weighted by atomic mass is 10.3. The van der Waals surface area contributed by atoms with Gasteiger partial charge in [-0.1, -0.05) is 18.2 Å². The van der Waals surface area contributed by atoms with E-state index >= 15 is 0 Å². The van der Waals surface area contributed by atoms with Crippen LogP contribution in [-0.4, -0.2) is 17.1 Å². The monoisotopic (exact) mass is 213 g/mol. The van der Waals surface area contributed by atoms with E-state index in [1.54, 1.807) is 30.7 Å². The van der Waals surface area contributed by atoms with E-state index in [9.17, 15) is 4.79 Å². The first-order valence-corrected chi connectivity index (χ1v) is 4.96. The van der Waals surface area contributed by atoms with Crippen LogP contribution in [0, 0.1) is 0 Å². The molecule has 2 rings (SSSR count). The molecule has 0 spiro atoms. The standard InChI is InChI=1S/C12H11N3O/c16-12(11-5-7-13-8-6-11)15-14-9-10-3-1-2-4-10/h1,3-9H,2H2,(H,15,16)/b14-9+. The second-order valence-corrected chi connectivity index (χ2v) is 3.28. The van der Waals surface area contributed by atoms with Crippen molar-refractivity contribution >= 4 is 12.1 Å². The predicted molar refractivity (Wildman–Crippen MR) is 62.0 cm³/mol. The lowest BCUT2D eigenvalue weighted by molar-refractivity contribution is 0.0955. The van der Waals surface area contributed by atoms with E-state index in [0.717, 1.165) is 12.0 Å². The van der Waals surface area contributed by atoms with Crippen molar-refractivity contribution in [2.45, 2.75) is 6.42 Å². The van der Waals surface area contributed by atoms with Crippen molar-refractivity contribution in [3.63, 3.8) is 0 Å². The van der Waals surface area contributed by atoms with E-state index < -0.39 is 0 Å². The lowest BCUT2D eigenvalue weighted by Gasteiger charge is -1.97. The largest absolute Gasteiger partial charge is 0.271 e. The van der Waals surface area contributed by atoms with Gasteiger partial charge in [0.2, 0.25) is 0 Å². The fourth-order valence-corrected chi connectivity index (χ4v) is 1.31. The van der Waals surface area contributed by atoms with Crippen molar-refractivity contribution < 1.29 is 4.79 Å². The average Bonchev–Trinajstić information content (AvgIpc) is 2.83. The normalized spacial score (nSPS) is 14.1. The average molecular weight is 213 g/mol. The smallest absolute Gasteiger partial charge is 0.267 e. The summed E-state index contributed by atoms with van der Waals surface area (Å²) in [4.78, 5) is 15.4. The highest BCUT2D eigenvalue weighted by Gasteiger charge is 2.01. The van der Waals surface area contributed by atoms with E-state index in [1.807, 2.05) is 18.2 Å². The summed E-state index contributed by atoms with van der Waals surface area (Å²) in [7, 11) is 0. The van der Waals surface area contributed by atoms with Crippen molar-refractivity contribution in [3.8, 4) is 0 Å². The summed E-state index contributed by atoms with van der Waals surface area (Å²) in [5.41, 5.74) is 4.01. The Balaban J connectivity index is 1.91. The van der Waals surface area contributed by atoms with Gasteiger partial charge in [0.1, 0.15) is 0 Å².